The first kappa shape index (κ1) is 23.3. The number of anilines is 2. The number of carbonyl (C=O) groups is 1. The molecule has 0 spiro atoms. The molecular weight excluding hydrogens is 482 g/mol. The zero-order valence-electron chi connectivity index (χ0n) is 16.2. The van der Waals surface area contributed by atoms with E-state index in [0.29, 0.717) is 12.3 Å². The van der Waals surface area contributed by atoms with E-state index in [0.717, 1.165) is 17.0 Å². The van der Waals surface area contributed by atoms with E-state index in [1.807, 2.05) is 4.72 Å². The molecule has 2 N–H and O–H groups in total. The molecule has 2 aliphatic heterocycles. The first-order valence-corrected chi connectivity index (χ1v) is 10.7. The Morgan fingerprint density at radius 3 is 2.48 bits per heavy atom. The number of amides is 1. The summed E-state index contributed by atoms with van der Waals surface area (Å²) in [6.07, 6.45) is -13.7. The first-order chi connectivity index (χ1) is 15.2. The number of carbonyl (C=O) groups excluding carboxylic acids is 1. The molecule has 2 aliphatic rings. The Labute approximate surface area is 182 Å². The van der Waals surface area contributed by atoms with Crippen molar-refractivity contribution in [2.45, 2.75) is 29.6 Å². The normalized spacial score (nSPS) is 23.1. The fraction of sp³-hybridized carbons (Fsp3) is 0.333. The van der Waals surface area contributed by atoms with Gasteiger partial charge in [0.05, 0.1) is 29.1 Å². The summed E-state index contributed by atoms with van der Waals surface area (Å²) in [4.78, 5) is 16.9. The molecule has 0 radical (unpaired) electrons. The van der Waals surface area contributed by atoms with Crippen LogP contribution in [0, 0.1) is 0 Å². The predicted octanol–water partition coefficient (Wildman–Crippen LogP) is 2.74. The van der Waals surface area contributed by atoms with E-state index in [1.54, 1.807) is 0 Å². The van der Waals surface area contributed by atoms with Crippen molar-refractivity contribution in [2.24, 2.45) is 0 Å². The third kappa shape index (κ3) is 4.74. The van der Waals surface area contributed by atoms with Crippen LogP contribution in [0.5, 0.6) is 0 Å². The molecule has 4 bridgehead atoms. The molecule has 0 saturated carbocycles. The van der Waals surface area contributed by atoms with E-state index in [-0.39, 0.29) is 5.69 Å². The predicted molar refractivity (Wildman–Crippen MR) is 101 cm³/mol. The number of rotatable bonds is 0. The number of ether oxygens (including phenoxy) is 1. The summed E-state index contributed by atoms with van der Waals surface area (Å²) >= 11 is 0. The van der Waals surface area contributed by atoms with Crippen molar-refractivity contribution in [1.82, 2.24) is 9.71 Å². The molecule has 1 amide bonds. The Morgan fingerprint density at radius 1 is 1.09 bits per heavy atom. The Kier molecular flexibility index (Phi) is 5.53. The average molecular weight is 496 g/mol. The zero-order valence-corrected chi connectivity index (χ0v) is 17.1. The molecule has 0 unspecified atom stereocenters. The van der Waals surface area contributed by atoms with Crippen molar-refractivity contribution in [1.29, 1.82) is 0 Å². The number of alkyl halides is 6. The van der Waals surface area contributed by atoms with Gasteiger partial charge in [0, 0.05) is 11.9 Å². The highest BCUT2D eigenvalue weighted by molar-refractivity contribution is 7.89. The lowest BCUT2D eigenvalue weighted by molar-refractivity contribution is -0.236. The summed E-state index contributed by atoms with van der Waals surface area (Å²) in [5.74, 6) is -1.60. The second-order valence-corrected chi connectivity index (χ2v) is 8.97. The number of sulfonamides is 1. The Morgan fingerprint density at radius 2 is 1.82 bits per heavy atom. The maximum absolute atomic E-state index is 13.5. The van der Waals surface area contributed by atoms with Crippen LogP contribution in [0.4, 0.5) is 37.8 Å². The highest BCUT2D eigenvalue weighted by atomic mass is 32.2. The maximum atomic E-state index is 13.5. The van der Waals surface area contributed by atoms with Crippen LogP contribution in [0.2, 0.25) is 0 Å². The van der Waals surface area contributed by atoms with Gasteiger partial charge in [0.1, 0.15) is 12.0 Å². The van der Waals surface area contributed by atoms with Gasteiger partial charge in [0.15, 0.2) is 6.10 Å². The number of nitrogens with one attached hydrogen (secondary N) is 2. The van der Waals surface area contributed by atoms with Gasteiger partial charge >= 0.3 is 12.4 Å². The monoisotopic (exact) mass is 496 g/mol. The highest BCUT2D eigenvalue weighted by Gasteiger charge is 2.47. The van der Waals surface area contributed by atoms with Crippen LogP contribution in [0.15, 0.2) is 41.4 Å². The minimum Gasteiger partial charge on any atom is -0.349 e. The number of nitrogens with zero attached hydrogens (tertiary/aromatic N) is 2. The molecule has 15 heteroatoms. The number of hydrogen-bond acceptors (Lipinski definition) is 6. The third-order valence-corrected chi connectivity index (χ3v) is 6.34. The number of morpholine rings is 1. The molecule has 2 atom stereocenters. The Hall–Kier alpha value is -2.91. The van der Waals surface area contributed by atoms with Crippen molar-refractivity contribution in [3.8, 4) is 0 Å². The third-order valence-electron chi connectivity index (χ3n) is 4.89. The van der Waals surface area contributed by atoms with Gasteiger partial charge in [-0.1, -0.05) is 6.07 Å². The van der Waals surface area contributed by atoms with Gasteiger partial charge in [-0.05, 0) is 24.3 Å². The minimum atomic E-state index is -4.94. The van der Waals surface area contributed by atoms with Gasteiger partial charge in [-0.2, -0.15) is 31.1 Å². The molecule has 1 fully saturated rings. The number of pyridine rings is 1. The van der Waals surface area contributed by atoms with E-state index >= 15 is 0 Å². The van der Waals surface area contributed by atoms with E-state index in [4.69, 9.17) is 4.74 Å². The largest absolute Gasteiger partial charge is 0.417 e. The number of aromatic nitrogens is 1. The smallest absolute Gasteiger partial charge is 0.349 e. The van der Waals surface area contributed by atoms with E-state index in [1.165, 1.54) is 12.1 Å². The number of hydrogen-bond donors (Lipinski definition) is 2. The van der Waals surface area contributed by atoms with Crippen molar-refractivity contribution in [3.05, 3.63) is 47.7 Å². The average Bonchev–Trinajstić information content (AvgIpc) is 2.71. The molecule has 1 aromatic heterocycles. The Bertz CT molecular complexity index is 1200. The summed E-state index contributed by atoms with van der Waals surface area (Å²) in [6.45, 7) is -1.48. The first-order valence-electron chi connectivity index (χ1n) is 9.22. The van der Waals surface area contributed by atoms with Gasteiger partial charge in [0.2, 0.25) is 10.0 Å². The van der Waals surface area contributed by atoms with Gasteiger partial charge in [-0.3, -0.25) is 4.79 Å². The van der Waals surface area contributed by atoms with Crippen LogP contribution in [0.1, 0.15) is 15.9 Å². The Balaban J connectivity index is 1.90. The summed E-state index contributed by atoms with van der Waals surface area (Å²) < 4.78 is 112. The van der Waals surface area contributed by atoms with Crippen molar-refractivity contribution in [3.63, 3.8) is 0 Å². The minimum absolute atomic E-state index is 0.0685. The van der Waals surface area contributed by atoms with Crippen molar-refractivity contribution < 1.29 is 44.3 Å². The van der Waals surface area contributed by atoms with E-state index in [2.05, 4.69) is 10.3 Å². The molecule has 3 heterocycles. The van der Waals surface area contributed by atoms with Gasteiger partial charge < -0.3 is 15.0 Å². The quantitative estimate of drug-likeness (QED) is 0.545. The van der Waals surface area contributed by atoms with Gasteiger partial charge in [-0.25, -0.2) is 13.4 Å². The SMILES string of the molecule is O=C1Nc2cccc(c2)S(=O)(=O)N[C@@H]2CN(C[C@H](C(F)(F)F)O2)c2ncc(C(F)(F)F)cc21. The lowest BCUT2D eigenvalue weighted by Gasteiger charge is -2.40. The van der Waals surface area contributed by atoms with Gasteiger partial charge in [-0.15, -0.1) is 0 Å². The number of benzene rings is 1. The molecule has 8 nitrogen and oxygen atoms in total. The molecule has 2 aromatic rings. The van der Waals surface area contributed by atoms with Crippen LogP contribution in [-0.2, 0) is 20.9 Å². The highest BCUT2D eigenvalue weighted by Crippen LogP contribution is 2.35. The fourth-order valence-electron chi connectivity index (χ4n) is 3.39. The summed E-state index contributed by atoms with van der Waals surface area (Å²) in [5.41, 5.74) is -1.99. The van der Waals surface area contributed by atoms with Crippen LogP contribution >= 0.6 is 0 Å². The summed E-state index contributed by atoms with van der Waals surface area (Å²) in [6, 6.07) is 5.15. The molecule has 0 aliphatic carbocycles. The second kappa shape index (κ2) is 7.85. The van der Waals surface area contributed by atoms with Gasteiger partial charge in [0.25, 0.3) is 5.91 Å². The lowest BCUT2D eigenvalue weighted by Crippen LogP contribution is -2.58. The molecule has 178 valence electrons. The maximum Gasteiger partial charge on any atom is 0.417 e. The molecular formula is C18H14F6N4O4S. The summed E-state index contributed by atoms with van der Waals surface area (Å²) in [7, 11) is -4.38. The van der Waals surface area contributed by atoms with Crippen LogP contribution in [0.3, 0.4) is 0 Å². The van der Waals surface area contributed by atoms with Crippen molar-refractivity contribution in [2.75, 3.05) is 23.3 Å². The summed E-state index contributed by atoms with van der Waals surface area (Å²) in [5, 5.41) is 2.27. The van der Waals surface area contributed by atoms with Crippen LogP contribution in [-0.4, -0.2) is 50.9 Å². The topological polar surface area (TPSA) is 101 Å². The molecule has 4 rings (SSSR count). The second-order valence-electron chi connectivity index (χ2n) is 7.26. The zero-order chi connectivity index (χ0) is 24.2. The van der Waals surface area contributed by atoms with Crippen molar-refractivity contribution >= 4 is 27.4 Å². The molecule has 33 heavy (non-hydrogen) atoms. The van der Waals surface area contributed by atoms with E-state index < -0.39 is 75.5 Å². The standard InChI is InChI=1S/C18H14F6N4O4S/c19-17(20,21)9-4-12-15(25-6-9)28-7-13(18(22,23)24)32-14(8-28)27-33(30,31)11-3-1-2-10(5-11)26-16(12)29/h1-6,13-14,27H,7-8H2,(H,26,29)/t13-,14+/m1/s1. The lowest BCUT2D eigenvalue weighted by atomic mass is 10.1. The van der Waals surface area contributed by atoms with E-state index in [9.17, 15) is 39.6 Å². The van der Waals surface area contributed by atoms with Crippen LogP contribution < -0.4 is 14.9 Å². The number of fused-ring (bicyclic) bond motifs is 6. The molecule has 1 saturated heterocycles. The van der Waals surface area contributed by atoms with Crippen LogP contribution in [0.25, 0.3) is 0 Å². The number of halogens is 6. The molecule has 1 aromatic carbocycles. The fourth-order valence-corrected chi connectivity index (χ4v) is 4.54.